The first-order valence-corrected chi connectivity index (χ1v) is 19.1. The lowest BCUT2D eigenvalue weighted by molar-refractivity contribution is 0.0513. The molecule has 2 aromatic rings. The molecule has 13 heteroatoms. The summed E-state index contributed by atoms with van der Waals surface area (Å²) in [6.07, 6.45) is 14.0. The largest absolute Gasteiger partial charge is 0.462 e. The molecule has 2 aliphatic rings. The Kier molecular flexibility index (Phi) is 16.0. The Bertz CT molecular complexity index is 1610. The van der Waals surface area contributed by atoms with Crippen LogP contribution in [-0.2, 0) is 62.5 Å². The number of rotatable bonds is 12. The summed E-state index contributed by atoms with van der Waals surface area (Å²) in [5, 5.41) is 9.08. The molecule has 12 nitrogen and oxygen atoms in total. The van der Waals surface area contributed by atoms with Crippen molar-refractivity contribution in [3.8, 4) is 0 Å². The molecule has 0 aliphatic heterocycles. The van der Waals surface area contributed by atoms with Crippen LogP contribution >= 0.6 is 0 Å². The molecule has 268 valence electrons. The first kappa shape index (κ1) is 39.2. The van der Waals surface area contributed by atoms with Gasteiger partial charge in [0, 0.05) is 31.1 Å². The quantitative estimate of drug-likeness (QED) is 0.195. The van der Waals surface area contributed by atoms with Crippen LogP contribution in [0.2, 0.25) is 0 Å². The average Bonchev–Trinajstić information content (AvgIpc) is 3.01. The second-order valence-electron chi connectivity index (χ2n) is 12.2. The van der Waals surface area contributed by atoms with E-state index in [2.05, 4.69) is 0 Å². The summed E-state index contributed by atoms with van der Waals surface area (Å²) in [5.41, 5.74) is 3.59. The molecule has 0 radical (unpaired) electrons. The van der Waals surface area contributed by atoms with Crippen LogP contribution in [0, 0.1) is 0 Å². The van der Waals surface area contributed by atoms with E-state index in [4.69, 9.17) is 18.8 Å². The van der Waals surface area contributed by atoms with Gasteiger partial charge in [0.2, 0.25) is 0 Å². The second-order valence-corrected chi connectivity index (χ2v) is 13.8. The van der Waals surface area contributed by atoms with E-state index in [1.54, 1.807) is 35.1 Å². The third-order valence-corrected chi connectivity index (χ3v) is 9.15. The zero-order chi connectivity index (χ0) is 35.1. The zero-order valence-corrected chi connectivity index (χ0v) is 29.5. The fourth-order valence-corrected chi connectivity index (χ4v) is 6.73. The maximum atomic E-state index is 12.8. The van der Waals surface area contributed by atoms with Gasteiger partial charge in [-0.25, -0.2) is 9.59 Å². The summed E-state index contributed by atoms with van der Waals surface area (Å²) in [6.45, 7) is 4.69. The van der Waals surface area contributed by atoms with Gasteiger partial charge in [-0.3, -0.25) is 13.8 Å². The van der Waals surface area contributed by atoms with Gasteiger partial charge in [0.15, 0.2) is 0 Å². The highest BCUT2D eigenvalue weighted by Gasteiger charge is 2.22. The average molecular weight is 693 g/mol. The molecular formula is C35H52N2O10S. The van der Waals surface area contributed by atoms with Gasteiger partial charge >= 0.3 is 11.9 Å². The SMILES string of the molecule is CCOC(=O)c1cc2c(n(CCCO)c1=O)CCCCCC2.CCOC(=O)c1cc2c(n(CCCOS(C)(=O)=O)c1=O)CCCCCC2. The zero-order valence-electron chi connectivity index (χ0n) is 28.7. The Morgan fingerprint density at radius 2 is 1.12 bits per heavy atom. The van der Waals surface area contributed by atoms with Gasteiger partial charge in [0.25, 0.3) is 21.2 Å². The number of nitrogens with zero attached hydrogens (tertiary/aromatic N) is 2. The molecule has 1 N–H and O–H groups in total. The molecule has 4 rings (SSSR count). The van der Waals surface area contributed by atoms with Gasteiger partial charge in [0.1, 0.15) is 11.1 Å². The number of hydrogen-bond acceptors (Lipinski definition) is 10. The Labute approximate surface area is 283 Å². The minimum atomic E-state index is -3.51. The van der Waals surface area contributed by atoms with Gasteiger partial charge < -0.3 is 23.7 Å². The fraction of sp³-hybridized carbons (Fsp3) is 0.657. The molecule has 2 aliphatic carbocycles. The Morgan fingerprint density at radius 1 is 0.708 bits per heavy atom. The van der Waals surface area contributed by atoms with Crippen molar-refractivity contribution in [2.45, 2.75) is 117 Å². The number of hydrogen-bond donors (Lipinski definition) is 1. The highest BCUT2D eigenvalue weighted by Crippen LogP contribution is 2.22. The van der Waals surface area contributed by atoms with E-state index in [0.29, 0.717) is 25.9 Å². The van der Waals surface area contributed by atoms with Crippen molar-refractivity contribution in [2.24, 2.45) is 0 Å². The van der Waals surface area contributed by atoms with E-state index in [-0.39, 0.29) is 48.7 Å². The van der Waals surface area contributed by atoms with Crippen molar-refractivity contribution in [3.63, 3.8) is 0 Å². The number of ether oxygens (including phenoxy) is 2. The Balaban J connectivity index is 0.000000264. The Hall–Kier alpha value is -3.29. The first-order chi connectivity index (χ1) is 23.0. The molecule has 48 heavy (non-hydrogen) atoms. The minimum absolute atomic E-state index is 0.00365. The number of fused-ring (bicyclic) bond motifs is 2. The van der Waals surface area contributed by atoms with Crippen molar-refractivity contribution < 1.29 is 36.8 Å². The monoisotopic (exact) mass is 692 g/mol. The van der Waals surface area contributed by atoms with Crippen LogP contribution in [-0.4, -0.2) is 67.3 Å². The van der Waals surface area contributed by atoms with Gasteiger partial charge in [0.05, 0.1) is 26.1 Å². The summed E-state index contributed by atoms with van der Waals surface area (Å²) in [7, 11) is -3.51. The number of aliphatic hydroxyl groups is 1. The van der Waals surface area contributed by atoms with Gasteiger partial charge in [-0.2, -0.15) is 8.42 Å². The molecule has 2 heterocycles. The summed E-state index contributed by atoms with van der Waals surface area (Å²) < 4.78 is 40.3. The molecule has 0 fully saturated rings. The molecule has 0 unspecified atom stereocenters. The second kappa shape index (κ2) is 19.6. The lowest BCUT2D eigenvalue weighted by Gasteiger charge is -2.20. The maximum Gasteiger partial charge on any atom is 0.343 e. The number of carbonyl (C=O) groups is 2. The standard InChI is InChI=1S/C18H27NO6S.C17H25NO4/c1-3-24-18(21)15-13-14-9-6-4-5-7-10-16(14)19(17(15)20)11-8-12-25-26(2,22)23;1-2-22-17(21)14-12-13-8-5-3-4-6-9-15(13)18(16(14)20)10-7-11-19/h13H,3-12H2,1-2H3;12,19H,2-11H2,1H3. The van der Waals surface area contributed by atoms with Crippen molar-refractivity contribution in [3.05, 3.63) is 66.5 Å². The number of aliphatic hydroxyl groups excluding tert-OH is 1. The number of esters is 2. The molecular weight excluding hydrogens is 640 g/mol. The molecule has 0 atom stereocenters. The van der Waals surface area contributed by atoms with E-state index in [9.17, 15) is 27.6 Å². The highest BCUT2D eigenvalue weighted by molar-refractivity contribution is 7.85. The Morgan fingerprint density at radius 3 is 1.52 bits per heavy atom. The van der Waals surface area contributed by atoms with Crippen molar-refractivity contribution in [1.29, 1.82) is 0 Å². The van der Waals surface area contributed by atoms with Crippen LogP contribution in [0.4, 0.5) is 0 Å². The molecule has 0 spiro atoms. The number of carbonyl (C=O) groups excluding carboxylic acids is 2. The summed E-state index contributed by atoms with van der Waals surface area (Å²) in [5.74, 6) is -1.15. The highest BCUT2D eigenvalue weighted by atomic mass is 32.2. The smallest absolute Gasteiger partial charge is 0.343 e. The molecule has 0 saturated carbocycles. The number of aryl methyl sites for hydroxylation is 2. The van der Waals surface area contributed by atoms with E-state index in [0.717, 1.165) is 93.0 Å². The van der Waals surface area contributed by atoms with E-state index >= 15 is 0 Å². The van der Waals surface area contributed by atoms with Crippen molar-refractivity contribution >= 4 is 22.1 Å². The van der Waals surface area contributed by atoms with E-state index < -0.39 is 22.1 Å². The third kappa shape index (κ3) is 11.4. The predicted octanol–water partition coefficient (Wildman–Crippen LogP) is 4.12. The van der Waals surface area contributed by atoms with Crippen LogP contribution in [0.25, 0.3) is 0 Å². The lowest BCUT2D eigenvalue weighted by atomic mass is 9.95. The third-order valence-electron chi connectivity index (χ3n) is 8.55. The van der Waals surface area contributed by atoms with Gasteiger partial charge in [-0.05, 0) is 101 Å². The van der Waals surface area contributed by atoms with Crippen molar-refractivity contribution in [2.75, 3.05) is 32.7 Å². The summed E-state index contributed by atoms with van der Waals surface area (Å²) in [4.78, 5) is 49.7. The summed E-state index contributed by atoms with van der Waals surface area (Å²) >= 11 is 0. The van der Waals surface area contributed by atoms with Crippen molar-refractivity contribution in [1.82, 2.24) is 9.13 Å². The van der Waals surface area contributed by atoms with E-state index in [1.165, 1.54) is 12.8 Å². The molecule has 2 aromatic heterocycles. The predicted molar refractivity (Wildman–Crippen MR) is 182 cm³/mol. The summed E-state index contributed by atoms with van der Waals surface area (Å²) in [6, 6.07) is 3.42. The number of aromatic nitrogens is 2. The van der Waals surface area contributed by atoms with Crippen LogP contribution in [0.1, 0.15) is 121 Å². The number of pyridine rings is 2. The molecule has 0 amide bonds. The van der Waals surface area contributed by atoms with E-state index in [1.807, 2.05) is 0 Å². The van der Waals surface area contributed by atoms with Crippen LogP contribution in [0.15, 0.2) is 21.7 Å². The van der Waals surface area contributed by atoms with Gasteiger partial charge in [-0.15, -0.1) is 0 Å². The lowest BCUT2D eigenvalue weighted by Crippen LogP contribution is -2.32. The topological polar surface area (TPSA) is 160 Å². The van der Waals surface area contributed by atoms with Crippen LogP contribution < -0.4 is 11.1 Å². The molecule has 0 bridgehead atoms. The molecule has 0 saturated heterocycles. The normalized spacial score (nSPS) is 14.9. The van der Waals surface area contributed by atoms with Gasteiger partial charge in [-0.1, -0.05) is 25.7 Å². The minimum Gasteiger partial charge on any atom is -0.462 e. The van der Waals surface area contributed by atoms with Crippen LogP contribution in [0.5, 0.6) is 0 Å². The maximum absolute atomic E-state index is 12.8. The first-order valence-electron chi connectivity index (χ1n) is 17.3. The van der Waals surface area contributed by atoms with Crippen LogP contribution in [0.3, 0.4) is 0 Å². The molecule has 0 aromatic carbocycles. The fourth-order valence-electron chi connectivity index (χ4n) is 6.31.